The number of Topliss-reactive ketones (excluding diaryl/α,β-unsaturated/α-hetero) is 1. The third kappa shape index (κ3) is 3.61. The molecule has 17 heavy (non-hydrogen) atoms. The summed E-state index contributed by atoms with van der Waals surface area (Å²) in [6.45, 7) is 1.84. The molecule has 1 aromatic rings. The molecule has 0 saturated carbocycles. The Bertz CT molecular complexity index is 439. The average Bonchev–Trinajstić information content (AvgIpc) is 2.36. The molecular weight excluding hydrogens is 238 g/mol. The van der Waals surface area contributed by atoms with Gasteiger partial charge in [-0.25, -0.2) is 0 Å². The van der Waals surface area contributed by atoms with Gasteiger partial charge in [-0.2, -0.15) is 5.26 Å². The van der Waals surface area contributed by atoms with Crippen LogP contribution in [0.1, 0.15) is 17.3 Å². The summed E-state index contributed by atoms with van der Waals surface area (Å²) >= 11 is 0.609. The van der Waals surface area contributed by atoms with Crippen molar-refractivity contribution in [2.45, 2.75) is 12.2 Å². The van der Waals surface area contributed by atoms with Crippen LogP contribution in [0.25, 0.3) is 0 Å². The number of carbonyl (C=O) groups excluding carboxylic acids is 2. The number of carbonyl (C=O) groups is 2. The van der Waals surface area contributed by atoms with Crippen LogP contribution in [0, 0.1) is 10.7 Å². The molecule has 1 aromatic carbocycles. The maximum Gasteiger partial charge on any atom is 0.328 e. The summed E-state index contributed by atoms with van der Waals surface area (Å²) in [5.74, 6) is -1.08. The lowest BCUT2D eigenvalue weighted by molar-refractivity contribution is -0.141. The highest BCUT2D eigenvalue weighted by atomic mass is 32.2. The van der Waals surface area contributed by atoms with Gasteiger partial charge in [0.15, 0.2) is 11.0 Å². The van der Waals surface area contributed by atoms with Crippen molar-refractivity contribution in [2.75, 3.05) is 6.61 Å². The van der Waals surface area contributed by atoms with Crippen LogP contribution < -0.4 is 0 Å². The SMILES string of the molecule is CCOC(=O)C(SC#N)C(=O)c1ccccc1. The van der Waals surface area contributed by atoms with Crippen LogP contribution in [0.2, 0.25) is 0 Å². The number of thioether (sulfide) groups is 1. The van der Waals surface area contributed by atoms with Crippen molar-refractivity contribution in [3.63, 3.8) is 0 Å². The summed E-state index contributed by atoms with van der Waals surface area (Å²) < 4.78 is 4.77. The van der Waals surface area contributed by atoms with Crippen LogP contribution in [0.3, 0.4) is 0 Å². The second kappa shape index (κ2) is 6.71. The second-order valence-electron chi connectivity index (χ2n) is 3.07. The summed E-state index contributed by atoms with van der Waals surface area (Å²) in [5.41, 5.74) is 0.397. The Labute approximate surface area is 104 Å². The highest BCUT2D eigenvalue weighted by Gasteiger charge is 2.29. The molecule has 0 bridgehead atoms. The van der Waals surface area contributed by atoms with Gasteiger partial charge in [0.2, 0.25) is 0 Å². The van der Waals surface area contributed by atoms with Crippen molar-refractivity contribution in [1.29, 1.82) is 5.26 Å². The van der Waals surface area contributed by atoms with Gasteiger partial charge in [0, 0.05) is 5.56 Å². The zero-order valence-corrected chi connectivity index (χ0v) is 10.1. The standard InChI is InChI=1S/C12H11NO3S/c1-2-16-12(15)11(17-8-13)10(14)9-6-4-3-5-7-9/h3-7,11H,2H2,1H3. The second-order valence-corrected chi connectivity index (χ2v) is 3.96. The third-order valence-electron chi connectivity index (χ3n) is 1.97. The maximum atomic E-state index is 12.0. The first kappa shape index (κ1) is 13.3. The number of benzene rings is 1. The predicted octanol–water partition coefficient (Wildman–Crippen LogP) is 2.02. The fourth-order valence-corrected chi connectivity index (χ4v) is 1.75. The van der Waals surface area contributed by atoms with E-state index in [1.54, 1.807) is 42.7 Å². The lowest BCUT2D eigenvalue weighted by Crippen LogP contribution is -2.28. The van der Waals surface area contributed by atoms with Crippen LogP contribution in [-0.2, 0) is 9.53 Å². The molecule has 0 aromatic heterocycles. The van der Waals surface area contributed by atoms with E-state index < -0.39 is 17.0 Å². The van der Waals surface area contributed by atoms with Gasteiger partial charge in [-0.3, -0.25) is 9.59 Å². The molecule has 0 fully saturated rings. The van der Waals surface area contributed by atoms with Gasteiger partial charge in [0.05, 0.1) is 6.61 Å². The van der Waals surface area contributed by atoms with Crippen LogP contribution in [0.4, 0.5) is 0 Å². The number of ketones is 1. The largest absolute Gasteiger partial charge is 0.465 e. The highest BCUT2D eigenvalue weighted by molar-refractivity contribution is 8.05. The molecule has 0 aliphatic carbocycles. The minimum absolute atomic E-state index is 0.184. The minimum atomic E-state index is -1.11. The van der Waals surface area contributed by atoms with E-state index in [9.17, 15) is 9.59 Å². The molecule has 1 rings (SSSR count). The predicted molar refractivity (Wildman–Crippen MR) is 64.4 cm³/mol. The Morgan fingerprint density at radius 3 is 2.59 bits per heavy atom. The Morgan fingerprint density at radius 1 is 1.41 bits per heavy atom. The third-order valence-corrected chi connectivity index (χ3v) is 2.72. The number of esters is 1. The molecule has 1 unspecified atom stereocenters. The summed E-state index contributed by atoms with van der Waals surface area (Å²) in [6, 6.07) is 8.38. The summed E-state index contributed by atoms with van der Waals surface area (Å²) in [7, 11) is 0. The van der Waals surface area contributed by atoms with Crippen LogP contribution in [0.5, 0.6) is 0 Å². The summed E-state index contributed by atoms with van der Waals surface area (Å²) in [5, 5.41) is 9.25. The number of hydrogen-bond donors (Lipinski definition) is 0. The van der Waals surface area contributed by atoms with E-state index in [2.05, 4.69) is 0 Å². The fourth-order valence-electron chi connectivity index (χ4n) is 1.23. The van der Waals surface area contributed by atoms with Gasteiger partial charge in [-0.1, -0.05) is 30.3 Å². The van der Waals surface area contributed by atoms with Gasteiger partial charge in [0.1, 0.15) is 5.40 Å². The average molecular weight is 249 g/mol. The molecule has 1 atom stereocenters. The molecule has 0 saturated heterocycles. The van der Waals surface area contributed by atoms with E-state index in [1.165, 1.54) is 0 Å². The first-order valence-electron chi connectivity index (χ1n) is 5.01. The lowest BCUT2D eigenvalue weighted by atomic mass is 10.1. The molecule has 0 radical (unpaired) electrons. The quantitative estimate of drug-likeness (QED) is 0.345. The molecule has 0 amide bonds. The van der Waals surface area contributed by atoms with E-state index in [0.717, 1.165) is 0 Å². The zero-order chi connectivity index (χ0) is 12.7. The smallest absolute Gasteiger partial charge is 0.328 e. The van der Waals surface area contributed by atoms with Crippen molar-refractivity contribution in [1.82, 2.24) is 0 Å². The van der Waals surface area contributed by atoms with Gasteiger partial charge >= 0.3 is 5.97 Å². The lowest BCUT2D eigenvalue weighted by Gasteiger charge is -2.10. The van der Waals surface area contributed by atoms with Crippen LogP contribution >= 0.6 is 11.8 Å². The van der Waals surface area contributed by atoms with Gasteiger partial charge in [-0.05, 0) is 18.7 Å². The molecule has 88 valence electrons. The molecule has 0 spiro atoms. The number of rotatable bonds is 5. The first-order valence-corrected chi connectivity index (χ1v) is 5.89. The zero-order valence-electron chi connectivity index (χ0n) is 9.25. The summed E-state index contributed by atoms with van der Waals surface area (Å²) in [6.07, 6.45) is 0. The Balaban J connectivity index is 2.89. The molecule has 0 aliphatic heterocycles. The Kier molecular flexibility index (Phi) is 5.24. The normalized spacial score (nSPS) is 11.3. The molecule has 4 nitrogen and oxygen atoms in total. The maximum absolute atomic E-state index is 12.0. The monoisotopic (exact) mass is 249 g/mol. The van der Waals surface area contributed by atoms with Gasteiger partial charge < -0.3 is 4.74 Å². The van der Waals surface area contributed by atoms with E-state index in [-0.39, 0.29) is 6.61 Å². The van der Waals surface area contributed by atoms with Crippen molar-refractivity contribution in [2.24, 2.45) is 0 Å². The van der Waals surface area contributed by atoms with E-state index in [1.807, 2.05) is 0 Å². The summed E-state index contributed by atoms with van der Waals surface area (Å²) in [4.78, 5) is 23.5. The van der Waals surface area contributed by atoms with Crippen LogP contribution in [0.15, 0.2) is 30.3 Å². The molecular formula is C12H11NO3S. The number of thiocyanates is 1. The van der Waals surface area contributed by atoms with Crippen molar-refractivity contribution < 1.29 is 14.3 Å². The first-order chi connectivity index (χ1) is 8.20. The number of nitrogens with zero attached hydrogens (tertiary/aromatic N) is 1. The molecule has 0 heterocycles. The van der Waals surface area contributed by atoms with Crippen LogP contribution in [-0.4, -0.2) is 23.6 Å². The fraction of sp³-hybridized carbons (Fsp3) is 0.250. The topological polar surface area (TPSA) is 67.2 Å². The molecule has 5 heteroatoms. The van der Waals surface area contributed by atoms with E-state index in [0.29, 0.717) is 17.3 Å². The number of hydrogen-bond acceptors (Lipinski definition) is 5. The number of nitriles is 1. The van der Waals surface area contributed by atoms with Crippen molar-refractivity contribution in [3.8, 4) is 5.40 Å². The number of ether oxygens (including phenoxy) is 1. The van der Waals surface area contributed by atoms with Crippen molar-refractivity contribution in [3.05, 3.63) is 35.9 Å². The van der Waals surface area contributed by atoms with Crippen molar-refractivity contribution >= 4 is 23.5 Å². The Morgan fingerprint density at radius 2 is 2.06 bits per heavy atom. The Hall–Kier alpha value is -1.80. The minimum Gasteiger partial charge on any atom is -0.465 e. The highest BCUT2D eigenvalue weighted by Crippen LogP contribution is 2.17. The van der Waals surface area contributed by atoms with E-state index in [4.69, 9.17) is 10.00 Å². The van der Waals surface area contributed by atoms with Gasteiger partial charge in [0.25, 0.3) is 0 Å². The van der Waals surface area contributed by atoms with Gasteiger partial charge in [-0.15, -0.1) is 0 Å². The molecule has 0 aliphatic rings. The molecule has 0 N–H and O–H groups in total. The van der Waals surface area contributed by atoms with E-state index >= 15 is 0 Å².